The van der Waals surface area contributed by atoms with Crippen molar-refractivity contribution in [2.24, 2.45) is 4.99 Å². The van der Waals surface area contributed by atoms with E-state index in [1.165, 1.54) is 29.1 Å². The zero-order valence-electron chi connectivity index (χ0n) is 19.2. The molecule has 0 aliphatic carbocycles. The van der Waals surface area contributed by atoms with Gasteiger partial charge in [0.1, 0.15) is 0 Å². The molecule has 2 aromatic carbocycles. The lowest BCUT2D eigenvalue weighted by Gasteiger charge is -2.24. The highest BCUT2D eigenvalue weighted by molar-refractivity contribution is 7.07. The quantitative estimate of drug-likeness (QED) is 0.542. The Morgan fingerprint density at radius 3 is 2.80 bits per heavy atom. The summed E-state index contributed by atoms with van der Waals surface area (Å²) in [6.45, 7) is 3.75. The number of aromatic nitrogens is 1. The molecule has 0 amide bonds. The fourth-order valence-electron chi connectivity index (χ4n) is 4.14. The normalized spacial score (nSPS) is 16.7. The molecule has 3 aromatic rings. The van der Waals surface area contributed by atoms with Crippen molar-refractivity contribution in [3.8, 4) is 23.0 Å². The lowest BCUT2D eigenvalue weighted by atomic mass is 9.95. The second kappa shape index (κ2) is 8.95. The molecule has 180 valence electrons. The van der Waals surface area contributed by atoms with E-state index in [2.05, 4.69) is 4.99 Å². The van der Waals surface area contributed by atoms with Crippen LogP contribution in [0.5, 0.6) is 23.0 Å². The molecule has 0 unspecified atom stereocenters. The Morgan fingerprint density at radius 2 is 2.06 bits per heavy atom. The van der Waals surface area contributed by atoms with Gasteiger partial charge in [-0.2, -0.15) is 0 Å². The minimum Gasteiger partial charge on any atom is -0.504 e. The lowest BCUT2D eigenvalue weighted by Crippen LogP contribution is -2.39. The van der Waals surface area contributed by atoms with Crippen LogP contribution in [0.2, 0.25) is 0 Å². The molecule has 2 aliphatic rings. The number of thiazole rings is 1. The first kappa shape index (κ1) is 22.7. The number of allylic oxidation sites excluding steroid dienone is 1. The smallest absolute Gasteiger partial charge is 0.338 e. The van der Waals surface area contributed by atoms with Crippen LogP contribution in [-0.4, -0.2) is 36.2 Å². The summed E-state index contributed by atoms with van der Waals surface area (Å²) in [5.74, 6) is 0.898. The number of hydrogen-bond donors (Lipinski definition) is 1. The minimum absolute atomic E-state index is 0.0345. The maximum absolute atomic E-state index is 13.6. The number of nitrogens with zero attached hydrogens (tertiary/aromatic N) is 2. The first-order chi connectivity index (χ1) is 16.9. The van der Waals surface area contributed by atoms with E-state index in [4.69, 9.17) is 18.9 Å². The van der Waals surface area contributed by atoms with E-state index in [-0.39, 0.29) is 30.3 Å². The van der Waals surface area contributed by atoms with Crippen molar-refractivity contribution in [1.29, 1.82) is 0 Å². The average Bonchev–Trinajstić information content (AvgIpc) is 3.42. The highest BCUT2D eigenvalue weighted by Crippen LogP contribution is 2.38. The predicted molar refractivity (Wildman–Crippen MR) is 128 cm³/mol. The van der Waals surface area contributed by atoms with Crippen LogP contribution in [-0.2, 0) is 9.53 Å². The number of fused-ring (bicyclic) bond motifs is 2. The molecule has 5 rings (SSSR count). The van der Waals surface area contributed by atoms with Gasteiger partial charge in [0.15, 0.2) is 27.8 Å². The van der Waals surface area contributed by atoms with E-state index in [1.54, 1.807) is 50.3 Å². The molecule has 0 saturated heterocycles. The molecule has 0 fully saturated rings. The molecule has 1 N–H and O–H groups in total. The highest BCUT2D eigenvalue weighted by Gasteiger charge is 2.34. The number of methoxy groups -OCH3 is 1. The van der Waals surface area contributed by atoms with Crippen molar-refractivity contribution in [2.75, 3.05) is 20.5 Å². The van der Waals surface area contributed by atoms with Gasteiger partial charge in [0.05, 0.1) is 35.6 Å². The van der Waals surface area contributed by atoms with Crippen LogP contribution in [0.15, 0.2) is 57.5 Å². The third kappa shape index (κ3) is 3.95. The number of ether oxygens (including phenoxy) is 4. The summed E-state index contributed by atoms with van der Waals surface area (Å²) in [6, 6.07) is 9.44. The Bertz CT molecular complexity index is 1550. The Labute approximate surface area is 203 Å². The first-order valence-corrected chi connectivity index (χ1v) is 11.7. The van der Waals surface area contributed by atoms with Crippen molar-refractivity contribution in [3.63, 3.8) is 0 Å². The monoisotopic (exact) mass is 494 g/mol. The number of carbonyl (C=O) groups excluding carboxylic acids is 1. The summed E-state index contributed by atoms with van der Waals surface area (Å²) in [5, 5.41) is 10.1. The molecule has 9 nitrogen and oxygen atoms in total. The number of phenols is 1. The molecule has 1 aromatic heterocycles. The second-order valence-corrected chi connectivity index (χ2v) is 8.86. The van der Waals surface area contributed by atoms with Gasteiger partial charge >= 0.3 is 5.97 Å². The van der Waals surface area contributed by atoms with Gasteiger partial charge in [-0.25, -0.2) is 9.79 Å². The third-order valence-electron chi connectivity index (χ3n) is 5.73. The van der Waals surface area contributed by atoms with Gasteiger partial charge in [-0.05, 0) is 55.3 Å². The van der Waals surface area contributed by atoms with Crippen LogP contribution in [0.4, 0.5) is 0 Å². The maximum atomic E-state index is 13.6. The number of esters is 1. The van der Waals surface area contributed by atoms with Crippen molar-refractivity contribution < 1.29 is 28.8 Å². The fraction of sp³-hybridized carbons (Fsp3) is 0.240. The Hall–Kier alpha value is -4.05. The number of aromatic hydroxyl groups is 1. The van der Waals surface area contributed by atoms with Crippen LogP contribution in [0, 0.1) is 0 Å². The largest absolute Gasteiger partial charge is 0.504 e. The standard InChI is InChI=1S/C25H22N2O7S/c1-4-32-24(30)21-13(2)26-25-27(22(21)15-6-8-18-19(11-15)34-12-33-18)23(29)20(35-25)10-14-5-7-17(31-3)16(28)9-14/h5-11,22,28H,4,12H2,1-3H3/b20-10+/t22-/m1/s1. The summed E-state index contributed by atoms with van der Waals surface area (Å²) < 4.78 is 23.3. The number of carbonyl (C=O) groups is 1. The summed E-state index contributed by atoms with van der Waals surface area (Å²) in [6.07, 6.45) is 1.67. The van der Waals surface area contributed by atoms with E-state index in [0.717, 1.165) is 0 Å². The number of phenolic OH excluding ortho intramolecular Hbond substituents is 1. The summed E-state index contributed by atoms with van der Waals surface area (Å²) in [7, 11) is 1.46. The van der Waals surface area contributed by atoms with Gasteiger partial charge < -0.3 is 24.1 Å². The number of hydrogen-bond acceptors (Lipinski definition) is 9. The molecule has 35 heavy (non-hydrogen) atoms. The second-order valence-electron chi connectivity index (χ2n) is 7.85. The minimum atomic E-state index is -0.758. The maximum Gasteiger partial charge on any atom is 0.338 e. The molecule has 0 bridgehead atoms. The van der Waals surface area contributed by atoms with E-state index in [0.29, 0.717) is 43.4 Å². The van der Waals surface area contributed by atoms with E-state index >= 15 is 0 Å². The summed E-state index contributed by atoms with van der Waals surface area (Å²) in [4.78, 5) is 31.6. The highest BCUT2D eigenvalue weighted by atomic mass is 32.1. The SMILES string of the molecule is CCOC(=O)C1=C(C)N=c2s/c(=C/c3ccc(OC)c(O)c3)c(=O)n2[C@@H]1c1ccc2c(c1)OCO2. The van der Waals surface area contributed by atoms with E-state index in [9.17, 15) is 14.7 Å². The fourth-order valence-corrected chi connectivity index (χ4v) is 5.18. The van der Waals surface area contributed by atoms with Crippen molar-refractivity contribution >= 4 is 23.4 Å². The molecule has 0 radical (unpaired) electrons. The first-order valence-electron chi connectivity index (χ1n) is 10.9. The molecule has 3 heterocycles. The Balaban J connectivity index is 1.70. The average molecular weight is 495 g/mol. The summed E-state index contributed by atoms with van der Waals surface area (Å²) >= 11 is 1.20. The van der Waals surface area contributed by atoms with Gasteiger partial charge in [-0.15, -0.1) is 0 Å². The molecule has 2 aliphatic heterocycles. The van der Waals surface area contributed by atoms with Gasteiger partial charge in [0.25, 0.3) is 5.56 Å². The van der Waals surface area contributed by atoms with Gasteiger partial charge in [0, 0.05) is 0 Å². The van der Waals surface area contributed by atoms with Crippen LogP contribution in [0.3, 0.4) is 0 Å². The van der Waals surface area contributed by atoms with E-state index in [1.807, 2.05) is 0 Å². The molecular weight excluding hydrogens is 472 g/mol. The summed E-state index contributed by atoms with van der Waals surface area (Å²) in [5.41, 5.74) is 1.73. The van der Waals surface area contributed by atoms with Crippen molar-refractivity contribution in [3.05, 3.63) is 78.5 Å². The van der Waals surface area contributed by atoms with E-state index < -0.39 is 12.0 Å². The van der Waals surface area contributed by atoms with Crippen LogP contribution in [0.1, 0.15) is 31.0 Å². The zero-order valence-corrected chi connectivity index (χ0v) is 20.0. The zero-order chi connectivity index (χ0) is 24.7. The molecule has 10 heteroatoms. The molecule has 0 saturated carbocycles. The van der Waals surface area contributed by atoms with Crippen molar-refractivity contribution in [1.82, 2.24) is 4.57 Å². The topological polar surface area (TPSA) is 109 Å². The van der Waals surface area contributed by atoms with Gasteiger partial charge in [-0.3, -0.25) is 9.36 Å². The van der Waals surface area contributed by atoms with Crippen molar-refractivity contribution in [2.45, 2.75) is 19.9 Å². The lowest BCUT2D eigenvalue weighted by molar-refractivity contribution is -0.139. The molecule has 0 spiro atoms. The number of rotatable bonds is 5. The third-order valence-corrected chi connectivity index (χ3v) is 6.71. The van der Waals surface area contributed by atoms with Crippen LogP contribution in [0.25, 0.3) is 6.08 Å². The molecule has 1 atom stereocenters. The van der Waals surface area contributed by atoms with Gasteiger partial charge in [-0.1, -0.05) is 23.5 Å². The Morgan fingerprint density at radius 1 is 1.26 bits per heavy atom. The van der Waals surface area contributed by atoms with Crippen LogP contribution < -0.4 is 29.1 Å². The predicted octanol–water partition coefficient (Wildman–Crippen LogP) is 2.24. The van der Waals surface area contributed by atoms with Crippen LogP contribution >= 0.6 is 11.3 Å². The molecular formula is C25H22N2O7S. The van der Waals surface area contributed by atoms with Gasteiger partial charge in [0.2, 0.25) is 6.79 Å². The Kier molecular flexibility index (Phi) is 5.81. The number of benzene rings is 2.